The lowest BCUT2D eigenvalue weighted by Crippen LogP contribution is -2.29. The number of hydrogen-bond donors (Lipinski definition) is 1. The molecule has 1 N–H and O–H groups in total. The Morgan fingerprint density at radius 3 is 2.88 bits per heavy atom. The maximum absolute atomic E-state index is 5.75. The highest BCUT2D eigenvalue weighted by molar-refractivity contribution is 5.62. The highest BCUT2D eigenvalue weighted by Crippen LogP contribution is 2.25. The summed E-state index contributed by atoms with van der Waals surface area (Å²) in [6.45, 7) is 4.20. The molecular weight excluding hydrogens is 428 g/mol. The summed E-state index contributed by atoms with van der Waals surface area (Å²) in [6, 6.07) is 6.29. The van der Waals surface area contributed by atoms with Crippen molar-refractivity contribution >= 4 is 11.3 Å². The molecule has 0 atom stereocenters. The molecule has 1 aliphatic heterocycles. The van der Waals surface area contributed by atoms with Crippen molar-refractivity contribution in [3.63, 3.8) is 0 Å². The number of nitrogens with one attached hydrogen (secondary N) is 1. The van der Waals surface area contributed by atoms with Gasteiger partial charge in [0, 0.05) is 37.2 Å². The Balaban J connectivity index is 1.12. The molecule has 0 spiro atoms. The van der Waals surface area contributed by atoms with Crippen LogP contribution in [-0.2, 0) is 17.9 Å². The zero-order valence-corrected chi connectivity index (χ0v) is 19.3. The Morgan fingerprint density at radius 2 is 2.03 bits per heavy atom. The first-order chi connectivity index (χ1) is 16.8. The molecule has 1 saturated carbocycles. The van der Waals surface area contributed by atoms with Gasteiger partial charge < -0.3 is 9.72 Å². The van der Waals surface area contributed by atoms with Crippen LogP contribution >= 0.6 is 0 Å². The van der Waals surface area contributed by atoms with Gasteiger partial charge in [0.1, 0.15) is 11.3 Å². The second-order valence-corrected chi connectivity index (χ2v) is 9.34. The molecule has 9 heteroatoms. The normalized spacial score (nSPS) is 16.8. The van der Waals surface area contributed by atoms with E-state index in [2.05, 4.69) is 55.6 Å². The van der Waals surface area contributed by atoms with Crippen molar-refractivity contribution < 1.29 is 4.84 Å². The van der Waals surface area contributed by atoms with Crippen molar-refractivity contribution in [1.29, 1.82) is 0 Å². The topological polar surface area (TPSA) is 85.4 Å². The number of imidazole rings is 1. The molecule has 2 aliphatic rings. The first-order valence-electron chi connectivity index (χ1n) is 12.2. The molecule has 0 bridgehead atoms. The van der Waals surface area contributed by atoms with E-state index < -0.39 is 0 Å². The molecule has 0 aromatic carbocycles. The van der Waals surface area contributed by atoms with Crippen LogP contribution in [0.1, 0.15) is 43.4 Å². The van der Waals surface area contributed by atoms with E-state index in [0.717, 1.165) is 73.3 Å². The zero-order chi connectivity index (χ0) is 22.7. The van der Waals surface area contributed by atoms with Crippen LogP contribution in [0.3, 0.4) is 0 Å². The third kappa shape index (κ3) is 4.67. The summed E-state index contributed by atoms with van der Waals surface area (Å²) >= 11 is 0. The first-order valence-corrected chi connectivity index (χ1v) is 12.2. The number of rotatable bonds is 8. The van der Waals surface area contributed by atoms with Crippen LogP contribution in [-0.4, -0.2) is 49.1 Å². The van der Waals surface area contributed by atoms with Gasteiger partial charge in [-0.1, -0.05) is 17.7 Å². The van der Waals surface area contributed by atoms with Gasteiger partial charge in [-0.2, -0.15) is 0 Å². The summed E-state index contributed by atoms with van der Waals surface area (Å²) in [5, 5.41) is 14.2. The van der Waals surface area contributed by atoms with Gasteiger partial charge in [0.15, 0.2) is 0 Å². The van der Waals surface area contributed by atoms with E-state index in [1.807, 2.05) is 28.3 Å². The van der Waals surface area contributed by atoms with Crippen molar-refractivity contribution in [3.8, 4) is 11.3 Å². The van der Waals surface area contributed by atoms with E-state index in [9.17, 15) is 0 Å². The van der Waals surface area contributed by atoms with Crippen LogP contribution in [0.5, 0.6) is 0 Å². The van der Waals surface area contributed by atoms with Gasteiger partial charge in [-0.3, -0.25) is 14.9 Å². The SMILES string of the molecule is c1cc2nc(Cn3cc(-c4cncc(N5CCCCO5)c4)nn3)cn2cc1CNCC1CCC1. The number of fused-ring (bicyclic) bond motifs is 1. The molecule has 9 nitrogen and oxygen atoms in total. The Hall–Kier alpha value is -3.30. The molecule has 34 heavy (non-hydrogen) atoms. The Morgan fingerprint density at radius 1 is 1.06 bits per heavy atom. The predicted molar refractivity (Wildman–Crippen MR) is 129 cm³/mol. The number of hydrogen-bond acceptors (Lipinski definition) is 7. The number of aromatic nitrogens is 6. The fourth-order valence-corrected chi connectivity index (χ4v) is 4.57. The first kappa shape index (κ1) is 21.2. The largest absolute Gasteiger partial charge is 0.312 e. The average Bonchev–Trinajstić information content (AvgIpc) is 3.48. The molecule has 4 aromatic heterocycles. The zero-order valence-electron chi connectivity index (χ0n) is 19.3. The molecule has 4 aromatic rings. The Kier molecular flexibility index (Phi) is 5.95. The monoisotopic (exact) mass is 458 g/mol. The van der Waals surface area contributed by atoms with Crippen LogP contribution in [0, 0.1) is 5.92 Å². The standard InChI is InChI=1S/C25H30N8O/c1-2-9-34-33(8-1)23-10-21(13-27-14-23)24-18-32(30-29-24)17-22-16-31-15-20(6-7-25(31)28-22)12-26-11-19-4-3-5-19/h6-7,10,13-16,18-19,26H,1-5,8-9,11-12,17H2. The number of pyridine rings is 2. The lowest BCUT2D eigenvalue weighted by molar-refractivity contribution is 0.0777. The van der Waals surface area contributed by atoms with Crippen molar-refractivity contribution in [3.05, 3.63) is 60.4 Å². The van der Waals surface area contributed by atoms with Gasteiger partial charge in [0.2, 0.25) is 0 Å². The predicted octanol–water partition coefficient (Wildman–Crippen LogP) is 3.46. The number of anilines is 1. The van der Waals surface area contributed by atoms with E-state index in [4.69, 9.17) is 9.82 Å². The molecule has 0 unspecified atom stereocenters. The lowest BCUT2D eigenvalue weighted by Gasteiger charge is -2.27. The summed E-state index contributed by atoms with van der Waals surface area (Å²) in [4.78, 5) is 14.9. The van der Waals surface area contributed by atoms with E-state index in [1.165, 1.54) is 24.8 Å². The van der Waals surface area contributed by atoms with E-state index in [-0.39, 0.29) is 0 Å². The summed E-state index contributed by atoms with van der Waals surface area (Å²) in [7, 11) is 0. The van der Waals surface area contributed by atoms with E-state index in [1.54, 1.807) is 0 Å². The summed E-state index contributed by atoms with van der Waals surface area (Å²) in [6.07, 6.45) is 16.2. The second kappa shape index (κ2) is 9.52. The Bertz CT molecular complexity index is 1250. The molecule has 1 aliphatic carbocycles. The summed E-state index contributed by atoms with van der Waals surface area (Å²) in [5.41, 5.74) is 5.82. The second-order valence-electron chi connectivity index (χ2n) is 9.34. The van der Waals surface area contributed by atoms with Gasteiger partial charge in [0.25, 0.3) is 0 Å². The molecule has 2 fully saturated rings. The summed E-state index contributed by atoms with van der Waals surface area (Å²) in [5.74, 6) is 0.868. The highest BCUT2D eigenvalue weighted by atomic mass is 16.7. The summed E-state index contributed by atoms with van der Waals surface area (Å²) < 4.78 is 3.92. The lowest BCUT2D eigenvalue weighted by atomic mass is 9.85. The average molecular weight is 459 g/mol. The molecule has 1 saturated heterocycles. The van der Waals surface area contributed by atoms with Crippen LogP contribution in [0.2, 0.25) is 0 Å². The minimum absolute atomic E-state index is 0.562. The molecular formula is C25H30N8O. The van der Waals surface area contributed by atoms with Gasteiger partial charge in [0.05, 0.1) is 36.9 Å². The fraction of sp³-hybridized carbons (Fsp3) is 0.440. The van der Waals surface area contributed by atoms with Gasteiger partial charge >= 0.3 is 0 Å². The molecule has 176 valence electrons. The van der Waals surface area contributed by atoms with Crippen molar-refractivity contribution in [2.45, 2.75) is 45.2 Å². The van der Waals surface area contributed by atoms with Gasteiger partial charge in [-0.05, 0) is 55.8 Å². The van der Waals surface area contributed by atoms with Crippen molar-refractivity contribution in [2.24, 2.45) is 5.92 Å². The van der Waals surface area contributed by atoms with E-state index >= 15 is 0 Å². The minimum atomic E-state index is 0.562. The Labute approximate surface area is 198 Å². The molecule has 6 rings (SSSR count). The van der Waals surface area contributed by atoms with Gasteiger partial charge in [-0.15, -0.1) is 5.10 Å². The quantitative estimate of drug-likeness (QED) is 0.433. The highest BCUT2D eigenvalue weighted by Gasteiger charge is 2.17. The third-order valence-electron chi connectivity index (χ3n) is 6.72. The fourth-order valence-electron chi connectivity index (χ4n) is 4.57. The third-order valence-corrected chi connectivity index (χ3v) is 6.72. The van der Waals surface area contributed by atoms with Crippen LogP contribution in [0.4, 0.5) is 5.69 Å². The molecule has 0 radical (unpaired) electrons. The van der Waals surface area contributed by atoms with Crippen LogP contribution in [0.15, 0.2) is 49.2 Å². The molecule has 5 heterocycles. The van der Waals surface area contributed by atoms with E-state index in [0.29, 0.717) is 6.54 Å². The smallest absolute Gasteiger partial charge is 0.137 e. The van der Waals surface area contributed by atoms with Crippen molar-refractivity contribution in [2.75, 3.05) is 24.8 Å². The molecule has 0 amide bonds. The van der Waals surface area contributed by atoms with Crippen LogP contribution < -0.4 is 10.4 Å². The maximum Gasteiger partial charge on any atom is 0.137 e. The number of nitrogens with zero attached hydrogens (tertiary/aromatic N) is 7. The van der Waals surface area contributed by atoms with Crippen LogP contribution in [0.25, 0.3) is 16.9 Å². The maximum atomic E-state index is 5.75. The number of hydroxylamine groups is 1. The van der Waals surface area contributed by atoms with Gasteiger partial charge in [-0.25, -0.2) is 9.67 Å². The minimum Gasteiger partial charge on any atom is -0.312 e. The van der Waals surface area contributed by atoms with Crippen molar-refractivity contribution in [1.82, 2.24) is 34.7 Å².